The minimum atomic E-state index is -0.0837. The van der Waals surface area contributed by atoms with Crippen molar-refractivity contribution in [1.82, 2.24) is 14.9 Å². The average Bonchev–Trinajstić information content (AvgIpc) is 3.28. The summed E-state index contributed by atoms with van der Waals surface area (Å²) in [6.45, 7) is 3.46. The molecule has 1 fully saturated rings. The summed E-state index contributed by atoms with van der Waals surface area (Å²) < 4.78 is 0. The summed E-state index contributed by atoms with van der Waals surface area (Å²) >= 11 is 0. The van der Waals surface area contributed by atoms with Crippen molar-refractivity contribution in [3.63, 3.8) is 0 Å². The monoisotopic (exact) mass is 387 g/mol. The Morgan fingerprint density at radius 1 is 1.17 bits per heavy atom. The van der Waals surface area contributed by atoms with Gasteiger partial charge in [-0.1, -0.05) is 43.3 Å². The first-order valence-electron chi connectivity index (χ1n) is 10.1. The molecule has 2 aromatic carbocycles. The number of aryl methyl sites for hydroxylation is 1. The van der Waals surface area contributed by atoms with Gasteiger partial charge in [-0.15, -0.1) is 0 Å². The Balaban J connectivity index is 1.57. The maximum Gasteiger partial charge on any atom is 0.274 e. The summed E-state index contributed by atoms with van der Waals surface area (Å²) in [5.74, 6) is 0.132. The van der Waals surface area contributed by atoms with E-state index in [9.17, 15) is 9.90 Å². The van der Waals surface area contributed by atoms with Crippen LogP contribution in [0.25, 0.3) is 11.1 Å². The lowest BCUT2D eigenvalue weighted by Gasteiger charge is -2.18. The van der Waals surface area contributed by atoms with Crippen molar-refractivity contribution >= 4 is 5.91 Å². The SMILES string of the molecule is CCc1ccccc1-c1ccc(C2CCN(C(=O)c3cnccn3)C2)c(CO)c1. The molecule has 1 atom stereocenters. The lowest BCUT2D eigenvalue weighted by molar-refractivity contribution is 0.0784. The van der Waals surface area contributed by atoms with Crippen LogP contribution in [-0.4, -0.2) is 39.0 Å². The number of hydrogen-bond donors (Lipinski definition) is 1. The minimum Gasteiger partial charge on any atom is -0.392 e. The molecule has 0 saturated carbocycles. The van der Waals surface area contributed by atoms with Crippen molar-refractivity contribution in [2.24, 2.45) is 0 Å². The number of nitrogens with zero attached hydrogens (tertiary/aromatic N) is 3. The van der Waals surface area contributed by atoms with Crippen LogP contribution in [0.5, 0.6) is 0 Å². The third kappa shape index (κ3) is 3.91. The van der Waals surface area contributed by atoms with Gasteiger partial charge in [0.1, 0.15) is 5.69 Å². The topological polar surface area (TPSA) is 66.3 Å². The van der Waals surface area contributed by atoms with Gasteiger partial charge < -0.3 is 10.0 Å². The molecule has 0 spiro atoms. The van der Waals surface area contributed by atoms with Gasteiger partial charge in [-0.2, -0.15) is 0 Å². The van der Waals surface area contributed by atoms with Gasteiger partial charge in [0.25, 0.3) is 5.91 Å². The van der Waals surface area contributed by atoms with Crippen LogP contribution in [-0.2, 0) is 13.0 Å². The number of carbonyl (C=O) groups is 1. The van der Waals surface area contributed by atoms with Crippen molar-refractivity contribution in [2.45, 2.75) is 32.3 Å². The summed E-state index contributed by atoms with van der Waals surface area (Å²) in [5.41, 5.74) is 6.07. The normalized spacial score (nSPS) is 16.2. The van der Waals surface area contributed by atoms with E-state index >= 15 is 0 Å². The van der Waals surface area contributed by atoms with Gasteiger partial charge in [-0.25, -0.2) is 4.98 Å². The van der Waals surface area contributed by atoms with E-state index in [4.69, 9.17) is 0 Å². The second-order valence-electron chi connectivity index (χ2n) is 7.41. The molecule has 148 valence electrons. The number of rotatable bonds is 5. The molecule has 0 bridgehead atoms. The molecule has 1 aliphatic heterocycles. The highest BCUT2D eigenvalue weighted by Crippen LogP contribution is 2.34. The number of aromatic nitrogens is 2. The number of hydrogen-bond acceptors (Lipinski definition) is 4. The van der Waals surface area contributed by atoms with E-state index in [0.717, 1.165) is 29.5 Å². The Bertz CT molecular complexity index is 1000. The maximum atomic E-state index is 12.7. The summed E-state index contributed by atoms with van der Waals surface area (Å²) in [6.07, 6.45) is 6.46. The molecule has 3 aromatic rings. The summed E-state index contributed by atoms with van der Waals surface area (Å²) in [4.78, 5) is 22.6. The Morgan fingerprint density at radius 3 is 2.79 bits per heavy atom. The largest absolute Gasteiger partial charge is 0.392 e. The predicted octanol–water partition coefficient (Wildman–Crippen LogP) is 3.83. The number of amides is 1. The fraction of sp³-hybridized carbons (Fsp3) is 0.292. The lowest BCUT2D eigenvalue weighted by Crippen LogP contribution is -2.29. The van der Waals surface area contributed by atoms with E-state index in [1.165, 1.54) is 23.5 Å². The first-order chi connectivity index (χ1) is 14.2. The van der Waals surface area contributed by atoms with Crippen LogP contribution in [0.1, 0.15) is 46.4 Å². The van der Waals surface area contributed by atoms with Crippen LogP contribution >= 0.6 is 0 Å². The first kappa shape index (κ1) is 19.3. The highest BCUT2D eigenvalue weighted by molar-refractivity contribution is 5.92. The number of likely N-dealkylation sites (tertiary alicyclic amines) is 1. The maximum absolute atomic E-state index is 12.7. The third-order valence-electron chi connectivity index (χ3n) is 5.72. The molecule has 0 aliphatic carbocycles. The second-order valence-corrected chi connectivity index (χ2v) is 7.41. The van der Waals surface area contributed by atoms with Crippen LogP contribution in [0.4, 0.5) is 0 Å². The number of aliphatic hydroxyl groups excluding tert-OH is 1. The van der Waals surface area contributed by atoms with Crippen LogP contribution in [0.15, 0.2) is 61.1 Å². The number of benzene rings is 2. The zero-order valence-corrected chi connectivity index (χ0v) is 16.6. The van der Waals surface area contributed by atoms with E-state index in [1.54, 1.807) is 6.20 Å². The van der Waals surface area contributed by atoms with Crippen molar-refractivity contribution in [2.75, 3.05) is 13.1 Å². The quantitative estimate of drug-likeness (QED) is 0.723. The number of aliphatic hydroxyl groups is 1. The van der Waals surface area contributed by atoms with Crippen molar-refractivity contribution in [3.05, 3.63) is 83.4 Å². The van der Waals surface area contributed by atoms with Gasteiger partial charge in [-0.05, 0) is 46.7 Å². The molecule has 0 radical (unpaired) electrons. The van der Waals surface area contributed by atoms with E-state index < -0.39 is 0 Å². The van der Waals surface area contributed by atoms with Gasteiger partial charge >= 0.3 is 0 Å². The fourth-order valence-electron chi connectivity index (χ4n) is 4.19. The summed E-state index contributed by atoms with van der Waals surface area (Å²) in [5, 5.41) is 10.0. The van der Waals surface area contributed by atoms with Crippen LogP contribution in [0.3, 0.4) is 0 Å². The fourth-order valence-corrected chi connectivity index (χ4v) is 4.19. The van der Waals surface area contributed by atoms with Gasteiger partial charge in [0.2, 0.25) is 0 Å². The van der Waals surface area contributed by atoms with E-state index in [2.05, 4.69) is 53.3 Å². The van der Waals surface area contributed by atoms with Crippen molar-refractivity contribution in [1.29, 1.82) is 0 Å². The molecule has 1 N–H and O–H groups in total. The van der Waals surface area contributed by atoms with Crippen LogP contribution in [0.2, 0.25) is 0 Å². The molecule has 1 amide bonds. The Hall–Kier alpha value is -3.05. The van der Waals surface area contributed by atoms with Crippen molar-refractivity contribution < 1.29 is 9.90 Å². The standard InChI is InChI=1S/C24H25N3O2/c1-2-17-5-3-4-6-21(17)18-7-8-22(20(13-18)16-28)19-9-12-27(15-19)24(29)23-14-25-10-11-26-23/h3-8,10-11,13-14,19,28H,2,9,12,15-16H2,1H3. The average molecular weight is 387 g/mol. The summed E-state index contributed by atoms with van der Waals surface area (Å²) in [7, 11) is 0. The molecule has 29 heavy (non-hydrogen) atoms. The Kier molecular flexibility index (Phi) is 5.67. The smallest absolute Gasteiger partial charge is 0.274 e. The molecule has 1 aliphatic rings. The summed E-state index contributed by atoms with van der Waals surface area (Å²) in [6, 6.07) is 14.7. The first-order valence-corrected chi connectivity index (χ1v) is 10.1. The highest BCUT2D eigenvalue weighted by atomic mass is 16.3. The molecular formula is C24H25N3O2. The van der Waals surface area contributed by atoms with Crippen LogP contribution in [0, 0.1) is 0 Å². The number of carbonyl (C=O) groups excluding carboxylic acids is 1. The van der Waals surface area contributed by atoms with Gasteiger partial charge in [0.05, 0.1) is 12.8 Å². The molecule has 1 unspecified atom stereocenters. The highest BCUT2D eigenvalue weighted by Gasteiger charge is 2.30. The molecule has 4 rings (SSSR count). The van der Waals surface area contributed by atoms with E-state index in [-0.39, 0.29) is 18.4 Å². The molecular weight excluding hydrogens is 362 g/mol. The molecule has 1 saturated heterocycles. The Morgan fingerprint density at radius 2 is 2.03 bits per heavy atom. The lowest BCUT2D eigenvalue weighted by atomic mass is 9.89. The van der Waals surface area contributed by atoms with Gasteiger partial charge in [-0.3, -0.25) is 9.78 Å². The van der Waals surface area contributed by atoms with E-state index in [0.29, 0.717) is 18.8 Å². The Labute approximate surface area is 171 Å². The molecule has 5 nitrogen and oxygen atoms in total. The van der Waals surface area contributed by atoms with Gasteiger partial charge in [0.15, 0.2) is 0 Å². The van der Waals surface area contributed by atoms with Crippen LogP contribution < -0.4 is 0 Å². The molecule has 2 heterocycles. The van der Waals surface area contributed by atoms with E-state index in [1.807, 2.05) is 11.0 Å². The zero-order valence-electron chi connectivity index (χ0n) is 16.6. The molecule has 1 aromatic heterocycles. The predicted molar refractivity (Wildman–Crippen MR) is 112 cm³/mol. The van der Waals surface area contributed by atoms with Crippen molar-refractivity contribution in [3.8, 4) is 11.1 Å². The van der Waals surface area contributed by atoms with Gasteiger partial charge in [0, 0.05) is 31.4 Å². The second kappa shape index (κ2) is 8.53. The molecule has 5 heteroatoms. The minimum absolute atomic E-state index is 0.00786. The third-order valence-corrected chi connectivity index (χ3v) is 5.72. The zero-order chi connectivity index (χ0) is 20.2.